The molecule has 6 fully saturated rings. The monoisotopic (exact) mass is 1370 g/mol. The van der Waals surface area contributed by atoms with Crippen LogP contribution in [0, 0.1) is 11.8 Å². The summed E-state index contributed by atoms with van der Waals surface area (Å²) in [4.78, 5) is 53.1. The van der Waals surface area contributed by atoms with Crippen molar-refractivity contribution in [3.63, 3.8) is 0 Å². The molecule has 0 radical (unpaired) electrons. The van der Waals surface area contributed by atoms with Gasteiger partial charge in [0.25, 0.3) is 5.56 Å². The number of hydrogen-bond acceptors (Lipinski definition) is 25. The summed E-state index contributed by atoms with van der Waals surface area (Å²) in [5.74, 6) is -2.41. The molecule has 0 spiro atoms. The molecule has 2 bridgehead atoms. The molecule has 10 heterocycles. The SMILES string of the molecule is CN[C@H]1CC[C@H](O[C@H]2/C=C\C=C/C[C@@H](C)OC(=O)C[C@H]3OC(O[Si](C)(C)C(C)(C)C)C[C@@H](C[C@H]2C)[C@H](O[C@@H]2O[C@H](C)[C@@H](O[C@H]4C[C@@](C)(O)[C@@H](OC(=O)CCCc5cn(C[C@H]6O[C@@H](n7cnc8c(=O)[nH]cnc87)[C@@H]7OC(C)(C)O[C@@H]76)nn5)[C@H](C)O4)[C@H](N(C)C)[C@H]2O)[C@H]3OC)O[C@@H]1C. The molecule has 96 heavy (non-hydrogen) atoms. The molecule has 0 aliphatic carbocycles. The van der Waals surface area contributed by atoms with Gasteiger partial charge in [-0.2, -0.15) is 0 Å². The van der Waals surface area contributed by atoms with Crippen molar-refractivity contribution in [1.29, 1.82) is 0 Å². The van der Waals surface area contributed by atoms with Gasteiger partial charge in [-0.25, -0.2) is 14.6 Å². The molecule has 538 valence electrons. The maximum Gasteiger partial charge on any atom is 0.308 e. The van der Waals surface area contributed by atoms with E-state index in [-0.39, 0.29) is 65.9 Å². The van der Waals surface area contributed by atoms with Gasteiger partial charge >= 0.3 is 11.9 Å². The number of nitrogens with zero attached hydrogens (tertiary/aromatic N) is 7. The van der Waals surface area contributed by atoms with Crippen molar-refractivity contribution in [2.24, 2.45) is 11.8 Å². The van der Waals surface area contributed by atoms with Gasteiger partial charge in [-0.05, 0) is 132 Å². The van der Waals surface area contributed by atoms with Crippen LogP contribution in [0.5, 0.6) is 0 Å². The number of H-pyrrole nitrogens is 1. The zero-order chi connectivity index (χ0) is 69.3. The largest absolute Gasteiger partial charge is 0.462 e. The van der Waals surface area contributed by atoms with Crippen LogP contribution in [0.3, 0.4) is 0 Å². The second-order valence-corrected chi connectivity index (χ2v) is 34.6. The standard InChI is InChI=1S/C67H107N9O19Si/c1-36-28-41-29-50(95-96(16,17)65(6,7)8)88-45(30-48(78)83-37(2)22-19-18-20-24-44(36)87-49-27-26-43(68-12)38(3)84-49)57(82-15)56(41)92-64-54(79)53(74(13)14)55(39(4)86-64)91-51-31-67(11,81)60(40(5)85-51)90-47(77)25-21-23-42-32-75(73-72-42)33-46-58-59(94-66(9,10)93-58)63(89-46)76-35-71-52-61(76)69-34-70-62(52)80/h18-20,24,32,34-41,43-46,49-51,53-60,63-64,68,79,81H,21-23,25-31,33H2,1-17H3,(H,69,70,80)/b19-18-,24-20-/t36-,37-,38-,39-,40+,41-,43+,44+,45-,46-,49+,50?,51+,53-,54-,55-,56+,57+,58-,59-,60+,63-,64+,67-/m1/s1. The lowest BCUT2D eigenvalue weighted by molar-refractivity contribution is -0.343. The van der Waals surface area contributed by atoms with Crippen LogP contribution in [-0.2, 0) is 88.6 Å². The Hall–Kier alpha value is -4.51. The Morgan fingerprint density at radius 1 is 0.896 bits per heavy atom. The van der Waals surface area contributed by atoms with Crippen molar-refractivity contribution < 1.29 is 85.8 Å². The number of aryl methyl sites for hydroxylation is 1. The fourth-order valence-electron chi connectivity index (χ4n) is 14.5. The average Bonchev–Trinajstić information content (AvgIpc) is 1.61. The van der Waals surface area contributed by atoms with E-state index in [2.05, 4.69) is 84.4 Å². The summed E-state index contributed by atoms with van der Waals surface area (Å²) in [7, 11) is 4.68. The van der Waals surface area contributed by atoms with Crippen molar-refractivity contribution in [1.82, 2.24) is 44.7 Å². The van der Waals surface area contributed by atoms with E-state index in [1.54, 1.807) is 36.4 Å². The number of allylic oxidation sites excluding steroid dienone is 2. The number of esters is 2. The van der Waals surface area contributed by atoms with Gasteiger partial charge < -0.3 is 91.4 Å². The summed E-state index contributed by atoms with van der Waals surface area (Å²) in [5.41, 5.74) is -0.785. The van der Waals surface area contributed by atoms with Gasteiger partial charge in [-0.3, -0.25) is 19.0 Å². The Bertz CT molecular complexity index is 3190. The third-order valence-corrected chi connectivity index (χ3v) is 25.0. The van der Waals surface area contributed by atoms with Crippen LogP contribution >= 0.6 is 0 Å². The Balaban J connectivity index is 0.793. The lowest BCUT2D eigenvalue weighted by atomic mass is 9.82. The number of aliphatic hydroxyl groups is 2. The summed E-state index contributed by atoms with van der Waals surface area (Å²) < 4.78 is 95.7. The molecule has 24 atom stereocenters. The number of aromatic amines is 1. The zero-order valence-electron chi connectivity index (χ0n) is 59.1. The van der Waals surface area contributed by atoms with Crippen LogP contribution in [0.15, 0.2) is 48.0 Å². The predicted octanol–water partition coefficient (Wildman–Crippen LogP) is 5.89. The molecule has 10 rings (SSSR count). The third-order valence-electron chi connectivity index (χ3n) is 20.5. The van der Waals surface area contributed by atoms with Gasteiger partial charge in [-0.1, -0.05) is 57.2 Å². The highest BCUT2D eigenvalue weighted by molar-refractivity contribution is 6.74. The minimum atomic E-state index is -2.52. The van der Waals surface area contributed by atoms with Crippen molar-refractivity contribution in [2.45, 2.75) is 305 Å². The fraction of sp³-hybridized carbons (Fsp3) is 0.806. The Kier molecular flexibility index (Phi) is 23.8. The average molecular weight is 1370 g/mol. The number of likely N-dealkylation sites (N-methyl/N-ethyl adjacent to an activating group) is 2. The number of ether oxygens (including phenoxy) is 13. The molecule has 29 heteroatoms. The highest BCUT2D eigenvalue weighted by Crippen LogP contribution is 2.46. The first-order chi connectivity index (χ1) is 45.3. The highest BCUT2D eigenvalue weighted by Gasteiger charge is 2.58. The number of methoxy groups -OCH3 is 1. The topological polar surface area (TPSA) is 313 Å². The van der Waals surface area contributed by atoms with Gasteiger partial charge in [0.2, 0.25) is 0 Å². The Morgan fingerprint density at radius 3 is 2.35 bits per heavy atom. The van der Waals surface area contributed by atoms with Gasteiger partial charge in [0.15, 0.2) is 56.5 Å². The number of fused-ring (bicyclic) bond motifs is 5. The number of imidazole rings is 1. The molecular formula is C67H107N9O19Si. The number of carbonyl (C=O) groups excluding carboxylic acids is 2. The van der Waals surface area contributed by atoms with Gasteiger partial charge in [-0.15, -0.1) is 5.10 Å². The molecule has 28 nitrogen and oxygen atoms in total. The first-order valence-corrected chi connectivity index (χ1v) is 37.3. The number of hydrogen-bond donors (Lipinski definition) is 4. The van der Waals surface area contributed by atoms with E-state index in [1.165, 1.54) is 12.7 Å². The number of nitrogens with one attached hydrogen (secondary N) is 2. The summed E-state index contributed by atoms with van der Waals surface area (Å²) >= 11 is 0. The molecule has 0 amide bonds. The van der Waals surface area contributed by atoms with Gasteiger partial charge in [0.1, 0.15) is 54.6 Å². The fourth-order valence-corrected chi connectivity index (χ4v) is 15.7. The minimum Gasteiger partial charge on any atom is -0.462 e. The van der Waals surface area contributed by atoms with Crippen LogP contribution < -0.4 is 10.9 Å². The molecular weight excluding hydrogens is 1260 g/mol. The molecule has 1 unspecified atom stereocenters. The Labute approximate surface area is 564 Å². The number of rotatable bonds is 19. The number of carbonyl (C=O) groups is 2. The molecule has 7 aliphatic rings. The highest BCUT2D eigenvalue weighted by atomic mass is 28.4. The van der Waals surface area contributed by atoms with Crippen LogP contribution in [0.25, 0.3) is 11.2 Å². The molecule has 6 saturated heterocycles. The number of cyclic esters (lactones) is 1. The maximum absolute atomic E-state index is 14.0. The normalized spacial score (nSPS) is 39.5. The molecule has 3 aromatic rings. The lowest BCUT2D eigenvalue weighted by Gasteiger charge is -2.50. The maximum atomic E-state index is 14.0. The Morgan fingerprint density at radius 2 is 1.65 bits per heavy atom. The van der Waals surface area contributed by atoms with Crippen molar-refractivity contribution in [2.75, 3.05) is 28.3 Å². The third kappa shape index (κ3) is 17.3. The van der Waals surface area contributed by atoms with E-state index in [0.717, 1.165) is 6.42 Å². The zero-order valence-corrected chi connectivity index (χ0v) is 60.1. The second kappa shape index (κ2) is 30.8. The summed E-state index contributed by atoms with van der Waals surface area (Å²) in [6.45, 7) is 26.0. The number of aromatic nitrogens is 7. The van der Waals surface area contributed by atoms with Gasteiger partial charge in [0.05, 0.1) is 74.0 Å². The molecule has 4 N–H and O–H groups in total. The second-order valence-electron chi connectivity index (χ2n) is 29.9. The first kappa shape index (κ1) is 74.2. The van der Waals surface area contributed by atoms with Crippen LogP contribution in [0.4, 0.5) is 0 Å². The van der Waals surface area contributed by atoms with E-state index in [9.17, 15) is 24.6 Å². The van der Waals surface area contributed by atoms with E-state index in [4.69, 9.17) is 66.0 Å². The van der Waals surface area contributed by atoms with Crippen molar-refractivity contribution in [3.8, 4) is 0 Å². The molecule has 7 aliphatic heterocycles. The quantitative estimate of drug-likeness (QED) is 0.0803. The summed E-state index contributed by atoms with van der Waals surface area (Å²) in [6, 6.07) is -0.538. The van der Waals surface area contributed by atoms with E-state index >= 15 is 0 Å². The van der Waals surface area contributed by atoms with E-state index in [0.29, 0.717) is 49.9 Å². The summed E-state index contributed by atoms with van der Waals surface area (Å²) in [6.07, 6.45) is 2.18. The predicted molar refractivity (Wildman–Crippen MR) is 350 cm³/mol. The molecule has 0 aromatic carbocycles. The van der Waals surface area contributed by atoms with Crippen LogP contribution in [0.1, 0.15) is 146 Å². The minimum absolute atomic E-state index is 0.0233. The van der Waals surface area contributed by atoms with Crippen molar-refractivity contribution >= 4 is 31.4 Å². The van der Waals surface area contributed by atoms with Crippen molar-refractivity contribution in [3.05, 3.63) is 59.2 Å². The van der Waals surface area contributed by atoms with Crippen LogP contribution in [-0.4, -0.2) is 232 Å². The van der Waals surface area contributed by atoms with E-state index in [1.807, 2.05) is 72.0 Å². The molecule has 3 aromatic heterocycles. The smallest absolute Gasteiger partial charge is 0.308 e. The van der Waals surface area contributed by atoms with E-state index < -0.39 is 148 Å². The van der Waals surface area contributed by atoms with Crippen LogP contribution in [0.2, 0.25) is 18.1 Å². The lowest BCUT2D eigenvalue weighted by Crippen LogP contribution is -2.65. The first-order valence-electron chi connectivity index (χ1n) is 34.4. The van der Waals surface area contributed by atoms with Gasteiger partial charge in [0, 0.05) is 45.0 Å². The summed E-state index contributed by atoms with van der Waals surface area (Å²) in [5, 5.41) is 36.7. The number of aliphatic hydroxyl groups excluding tert-OH is 1. The molecule has 0 saturated carbocycles.